The van der Waals surface area contributed by atoms with E-state index in [4.69, 9.17) is 5.73 Å². The number of aliphatic imine (C=N–C) groups is 1. The summed E-state index contributed by atoms with van der Waals surface area (Å²) in [5, 5.41) is 2.99. The van der Waals surface area contributed by atoms with Crippen molar-refractivity contribution in [1.82, 2.24) is 9.97 Å². The topological polar surface area (TPSA) is 85.4 Å². The highest BCUT2D eigenvalue weighted by atomic mass is 19.4. The summed E-state index contributed by atoms with van der Waals surface area (Å²) in [6.07, 6.45) is -1.89. The Morgan fingerprint density at radius 1 is 1.04 bits per heavy atom. The predicted molar refractivity (Wildman–Crippen MR) is 101 cm³/mol. The van der Waals surface area contributed by atoms with E-state index in [-0.39, 0.29) is 11.6 Å². The highest BCUT2D eigenvalue weighted by molar-refractivity contribution is 5.92. The summed E-state index contributed by atoms with van der Waals surface area (Å²) in [6.45, 7) is 0.456. The van der Waals surface area contributed by atoms with Crippen molar-refractivity contribution < 1.29 is 17.9 Å². The van der Waals surface area contributed by atoms with Gasteiger partial charge in [0.1, 0.15) is 23.7 Å². The minimum absolute atomic E-state index is 0.228. The lowest BCUT2D eigenvalue weighted by atomic mass is 10.2. The zero-order chi connectivity index (χ0) is 20.0. The van der Waals surface area contributed by atoms with Crippen LogP contribution in [0.3, 0.4) is 0 Å². The molecule has 0 bridgehead atoms. The van der Waals surface area contributed by atoms with E-state index in [1.54, 1.807) is 6.21 Å². The molecule has 9 heteroatoms. The molecule has 0 aliphatic rings. The minimum atomic E-state index is -4.74. The third-order valence-corrected chi connectivity index (χ3v) is 3.60. The number of anilines is 3. The van der Waals surface area contributed by atoms with Gasteiger partial charge in [-0.3, -0.25) is 4.99 Å². The second-order valence-electron chi connectivity index (χ2n) is 5.67. The maximum Gasteiger partial charge on any atom is 0.573 e. The van der Waals surface area contributed by atoms with E-state index in [9.17, 15) is 13.2 Å². The molecule has 0 fully saturated rings. The van der Waals surface area contributed by atoms with Crippen molar-refractivity contribution in [2.24, 2.45) is 4.99 Å². The fourth-order valence-electron chi connectivity index (χ4n) is 2.34. The number of alkyl halides is 3. The zero-order valence-electron chi connectivity index (χ0n) is 14.5. The summed E-state index contributed by atoms with van der Waals surface area (Å²) in [7, 11) is 0. The van der Waals surface area contributed by atoms with Crippen LogP contribution in [0.25, 0.3) is 0 Å². The molecule has 1 heterocycles. The van der Waals surface area contributed by atoms with Crippen LogP contribution in [-0.4, -0.2) is 22.5 Å². The van der Waals surface area contributed by atoms with Crippen molar-refractivity contribution >= 4 is 23.5 Å². The van der Waals surface area contributed by atoms with E-state index in [0.29, 0.717) is 23.6 Å². The standard InChI is InChI=1S/C19H16F3N5O/c20-19(21,22)28-15-8-6-14(7-9-15)27-18-16(17(23)25-12-26-18)11-24-10-13-4-2-1-3-5-13/h1-9,11-12H,10H2,(H3,23,25,26,27). The van der Waals surface area contributed by atoms with Gasteiger partial charge in [-0.1, -0.05) is 30.3 Å². The van der Waals surface area contributed by atoms with Crippen LogP contribution in [0.2, 0.25) is 0 Å². The molecule has 3 rings (SSSR count). The Hall–Kier alpha value is -3.62. The van der Waals surface area contributed by atoms with Gasteiger partial charge in [0, 0.05) is 11.9 Å². The number of aromatic nitrogens is 2. The van der Waals surface area contributed by atoms with Crippen molar-refractivity contribution in [2.75, 3.05) is 11.1 Å². The first kappa shape index (κ1) is 19.2. The molecule has 6 nitrogen and oxygen atoms in total. The molecule has 0 aliphatic heterocycles. The van der Waals surface area contributed by atoms with Crippen LogP contribution in [0.15, 0.2) is 65.9 Å². The second kappa shape index (κ2) is 8.38. The van der Waals surface area contributed by atoms with E-state index in [1.807, 2.05) is 30.3 Å². The monoisotopic (exact) mass is 387 g/mol. The average Bonchev–Trinajstić information content (AvgIpc) is 2.65. The van der Waals surface area contributed by atoms with Gasteiger partial charge in [0.15, 0.2) is 0 Å². The molecule has 144 valence electrons. The Morgan fingerprint density at radius 2 is 1.75 bits per heavy atom. The lowest BCUT2D eigenvalue weighted by molar-refractivity contribution is -0.274. The number of nitrogens with one attached hydrogen (secondary N) is 1. The Balaban J connectivity index is 1.74. The summed E-state index contributed by atoms with van der Waals surface area (Å²) in [5.41, 5.74) is 7.94. The van der Waals surface area contributed by atoms with Crippen LogP contribution < -0.4 is 15.8 Å². The smallest absolute Gasteiger partial charge is 0.406 e. The third-order valence-electron chi connectivity index (χ3n) is 3.60. The molecule has 0 unspecified atom stereocenters. The normalized spacial score (nSPS) is 11.5. The number of nitrogens with two attached hydrogens (primary N) is 1. The summed E-state index contributed by atoms with van der Waals surface area (Å²) in [4.78, 5) is 12.4. The van der Waals surface area contributed by atoms with Crippen LogP contribution in [0.4, 0.5) is 30.5 Å². The predicted octanol–water partition coefficient (Wildman–Crippen LogP) is 4.32. The lowest BCUT2D eigenvalue weighted by Crippen LogP contribution is -2.17. The molecular weight excluding hydrogens is 371 g/mol. The van der Waals surface area contributed by atoms with Crippen molar-refractivity contribution in [2.45, 2.75) is 12.9 Å². The number of nitrogens with zero attached hydrogens (tertiary/aromatic N) is 3. The quantitative estimate of drug-likeness (QED) is 0.615. The number of ether oxygens (including phenoxy) is 1. The molecule has 0 amide bonds. The van der Waals surface area contributed by atoms with Crippen molar-refractivity contribution in [3.8, 4) is 5.75 Å². The van der Waals surface area contributed by atoms with E-state index < -0.39 is 6.36 Å². The Labute approximate surface area is 158 Å². The highest BCUT2D eigenvalue weighted by Crippen LogP contribution is 2.26. The van der Waals surface area contributed by atoms with E-state index in [2.05, 4.69) is 25.0 Å². The first-order valence-electron chi connectivity index (χ1n) is 8.18. The van der Waals surface area contributed by atoms with Crippen LogP contribution in [0.1, 0.15) is 11.1 Å². The molecule has 3 N–H and O–H groups in total. The summed E-state index contributed by atoms with van der Waals surface area (Å²) < 4.78 is 40.6. The number of nitrogen functional groups attached to an aromatic ring is 1. The van der Waals surface area contributed by atoms with Crippen LogP contribution in [0.5, 0.6) is 5.75 Å². The fraction of sp³-hybridized carbons (Fsp3) is 0.105. The van der Waals surface area contributed by atoms with Gasteiger partial charge >= 0.3 is 6.36 Å². The number of rotatable bonds is 6. The molecule has 0 saturated heterocycles. The molecule has 1 aromatic heterocycles. The first-order chi connectivity index (χ1) is 13.4. The van der Waals surface area contributed by atoms with Gasteiger partial charge in [0.2, 0.25) is 0 Å². The SMILES string of the molecule is Nc1ncnc(Nc2ccc(OC(F)(F)F)cc2)c1C=NCc1ccccc1. The molecule has 3 aromatic rings. The van der Waals surface area contributed by atoms with E-state index >= 15 is 0 Å². The number of benzene rings is 2. The second-order valence-corrected chi connectivity index (χ2v) is 5.67. The average molecular weight is 387 g/mol. The van der Waals surface area contributed by atoms with Crippen LogP contribution in [0, 0.1) is 0 Å². The zero-order valence-corrected chi connectivity index (χ0v) is 14.5. The Kier molecular flexibility index (Phi) is 5.73. The summed E-state index contributed by atoms with van der Waals surface area (Å²) in [6, 6.07) is 14.9. The number of hydrogen-bond donors (Lipinski definition) is 2. The van der Waals surface area contributed by atoms with Gasteiger partial charge in [-0.25, -0.2) is 9.97 Å². The van der Waals surface area contributed by atoms with Crippen molar-refractivity contribution in [3.05, 3.63) is 72.1 Å². The minimum Gasteiger partial charge on any atom is -0.406 e. The van der Waals surface area contributed by atoms with Crippen LogP contribution in [-0.2, 0) is 6.54 Å². The Morgan fingerprint density at radius 3 is 2.43 bits per heavy atom. The molecule has 0 radical (unpaired) electrons. The summed E-state index contributed by atoms with van der Waals surface area (Å²) >= 11 is 0. The number of halogens is 3. The lowest BCUT2D eigenvalue weighted by Gasteiger charge is -2.11. The molecule has 0 spiro atoms. The van der Waals surface area contributed by atoms with Gasteiger partial charge in [-0.05, 0) is 29.8 Å². The molecule has 28 heavy (non-hydrogen) atoms. The van der Waals surface area contributed by atoms with Crippen molar-refractivity contribution in [1.29, 1.82) is 0 Å². The molecule has 0 atom stereocenters. The Bertz CT molecular complexity index is 944. The number of hydrogen-bond acceptors (Lipinski definition) is 6. The maximum atomic E-state index is 12.2. The molecular formula is C19H16F3N5O. The maximum absolute atomic E-state index is 12.2. The molecule has 0 saturated carbocycles. The summed E-state index contributed by atoms with van der Waals surface area (Å²) in [5.74, 6) is 0.296. The van der Waals surface area contributed by atoms with Crippen molar-refractivity contribution in [3.63, 3.8) is 0 Å². The van der Waals surface area contributed by atoms with Crippen LogP contribution >= 0.6 is 0 Å². The fourth-order valence-corrected chi connectivity index (χ4v) is 2.34. The highest BCUT2D eigenvalue weighted by Gasteiger charge is 2.30. The van der Waals surface area contributed by atoms with Gasteiger partial charge in [-0.15, -0.1) is 13.2 Å². The van der Waals surface area contributed by atoms with Gasteiger partial charge in [0.05, 0.1) is 12.1 Å². The van der Waals surface area contributed by atoms with Gasteiger partial charge in [-0.2, -0.15) is 0 Å². The largest absolute Gasteiger partial charge is 0.573 e. The molecule has 0 aliphatic carbocycles. The van der Waals surface area contributed by atoms with E-state index in [0.717, 1.165) is 5.56 Å². The molecule has 2 aromatic carbocycles. The third kappa shape index (κ3) is 5.44. The first-order valence-corrected chi connectivity index (χ1v) is 8.18. The van der Waals surface area contributed by atoms with Gasteiger partial charge in [0.25, 0.3) is 0 Å². The van der Waals surface area contributed by atoms with Gasteiger partial charge < -0.3 is 15.8 Å². The van der Waals surface area contributed by atoms with E-state index in [1.165, 1.54) is 30.6 Å².